The average Bonchev–Trinajstić information content (AvgIpc) is 2.93. The lowest BCUT2D eigenvalue weighted by Crippen LogP contribution is -2.34. The highest BCUT2D eigenvalue weighted by molar-refractivity contribution is 6.39. The zero-order valence-corrected chi connectivity index (χ0v) is 10.9. The fourth-order valence-electron chi connectivity index (χ4n) is 2.60. The van der Waals surface area contributed by atoms with E-state index in [4.69, 9.17) is 0 Å². The number of rotatable bonds is 5. The van der Waals surface area contributed by atoms with Crippen molar-refractivity contribution in [3.05, 3.63) is 18.7 Å². The SMILES string of the molecule is CCC1C(=O)C(=O)N(CCCn2ccnc2)C1C. The summed E-state index contributed by atoms with van der Waals surface area (Å²) in [6.07, 6.45) is 6.98. The van der Waals surface area contributed by atoms with Gasteiger partial charge in [-0.1, -0.05) is 6.92 Å². The van der Waals surface area contributed by atoms with E-state index in [0.717, 1.165) is 19.4 Å². The van der Waals surface area contributed by atoms with Gasteiger partial charge in [0.05, 0.1) is 6.33 Å². The third-order valence-electron chi connectivity index (χ3n) is 3.70. The van der Waals surface area contributed by atoms with Gasteiger partial charge >= 0.3 is 0 Å². The van der Waals surface area contributed by atoms with Crippen LogP contribution in [0.2, 0.25) is 0 Å². The van der Waals surface area contributed by atoms with E-state index in [-0.39, 0.29) is 23.7 Å². The molecule has 0 radical (unpaired) electrons. The lowest BCUT2D eigenvalue weighted by Gasteiger charge is -2.23. The van der Waals surface area contributed by atoms with Gasteiger partial charge in [-0.25, -0.2) is 4.98 Å². The van der Waals surface area contributed by atoms with E-state index in [1.807, 2.05) is 24.6 Å². The molecule has 0 aromatic carbocycles. The van der Waals surface area contributed by atoms with Crippen molar-refractivity contribution in [3.8, 4) is 0 Å². The minimum atomic E-state index is -0.306. The number of aromatic nitrogens is 2. The third kappa shape index (κ3) is 2.30. The fraction of sp³-hybridized carbons (Fsp3) is 0.615. The molecule has 0 aliphatic carbocycles. The Hall–Kier alpha value is -1.65. The van der Waals surface area contributed by atoms with E-state index in [0.29, 0.717) is 6.54 Å². The number of carbonyl (C=O) groups is 2. The molecule has 2 atom stereocenters. The van der Waals surface area contributed by atoms with E-state index in [1.54, 1.807) is 17.4 Å². The first-order valence-corrected chi connectivity index (χ1v) is 6.45. The predicted molar refractivity (Wildman–Crippen MR) is 66.8 cm³/mol. The van der Waals surface area contributed by atoms with Crippen molar-refractivity contribution in [3.63, 3.8) is 0 Å². The minimum absolute atomic E-state index is 0.0396. The normalized spacial score (nSPS) is 24.0. The number of carbonyl (C=O) groups excluding carboxylic acids is 2. The molecule has 18 heavy (non-hydrogen) atoms. The first-order chi connectivity index (χ1) is 8.65. The van der Waals surface area contributed by atoms with Crippen LogP contribution in [0.3, 0.4) is 0 Å². The first-order valence-electron chi connectivity index (χ1n) is 6.45. The molecule has 2 unspecified atom stereocenters. The molecular formula is C13H19N3O2. The molecule has 5 nitrogen and oxygen atoms in total. The summed E-state index contributed by atoms with van der Waals surface area (Å²) in [5, 5.41) is 0. The topological polar surface area (TPSA) is 55.2 Å². The van der Waals surface area contributed by atoms with Crippen LogP contribution in [0.4, 0.5) is 0 Å². The Bertz CT molecular complexity index is 427. The van der Waals surface area contributed by atoms with Gasteiger partial charge in [0.1, 0.15) is 0 Å². The van der Waals surface area contributed by atoms with Crippen LogP contribution in [-0.4, -0.2) is 38.7 Å². The van der Waals surface area contributed by atoms with Crippen LogP contribution in [-0.2, 0) is 16.1 Å². The smallest absolute Gasteiger partial charge is 0.290 e. The van der Waals surface area contributed by atoms with Crippen LogP contribution in [0, 0.1) is 5.92 Å². The van der Waals surface area contributed by atoms with Crippen molar-refractivity contribution in [1.29, 1.82) is 0 Å². The van der Waals surface area contributed by atoms with E-state index >= 15 is 0 Å². The summed E-state index contributed by atoms with van der Waals surface area (Å²) in [5.41, 5.74) is 0. The molecule has 2 heterocycles. The van der Waals surface area contributed by atoms with Crippen LogP contribution in [0.15, 0.2) is 18.7 Å². The average molecular weight is 249 g/mol. The van der Waals surface area contributed by atoms with Crippen molar-refractivity contribution in [2.75, 3.05) is 6.54 Å². The summed E-state index contributed by atoms with van der Waals surface area (Å²) < 4.78 is 1.98. The Morgan fingerprint density at radius 1 is 1.33 bits per heavy atom. The van der Waals surface area contributed by atoms with Gasteiger partial charge in [0.25, 0.3) is 5.91 Å². The molecule has 1 aromatic heterocycles. The summed E-state index contributed by atoms with van der Waals surface area (Å²) in [6, 6.07) is 0.0396. The van der Waals surface area contributed by atoms with Gasteiger partial charge in [-0.2, -0.15) is 0 Å². The molecule has 1 fully saturated rings. The third-order valence-corrected chi connectivity index (χ3v) is 3.70. The summed E-state index contributed by atoms with van der Waals surface area (Å²) >= 11 is 0. The highest BCUT2D eigenvalue weighted by atomic mass is 16.2. The van der Waals surface area contributed by atoms with Gasteiger partial charge in [0, 0.05) is 37.4 Å². The van der Waals surface area contributed by atoms with E-state index in [1.165, 1.54) is 0 Å². The maximum atomic E-state index is 11.8. The zero-order valence-electron chi connectivity index (χ0n) is 10.9. The van der Waals surface area contributed by atoms with Gasteiger partial charge < -0.3 is 9.47 Å². The van der Waals surface area contributed by atoms with Crippen LogP contribution in [0.5, 0.6) is 0 Å². The summed E-state index contributed by atoms with van der Waals surface area (Å²) in [7, 11) is 0. The lowest BCUT2D eigenvalue weighted by atomic mass is 9.98. The van der Waals surface area contributed by atoms with Crippen molar-refractivity contribution >= 4 is 11.7 Å². The molecule has 1 amide bonds. The Morgan fingerprint density at radius 2 is 2.11 bits per heavy atom. The van der Waals surface area contributed by atoms with Crippen LogP contribution in [0.25, 0.3) is 0 Å². The standard InChI is InChI=1S/C13H19N3O2/c1-3-11-10(2)16(13(18)12(11)17)7-4-6-15-8-5-14-9-15/h5,8-11H,3-4,6-7H2,1-2H3. The number of likely N-dealkylation sites (tertiary alicyclic amines) is 1. The lowest BCUT2D eigenvalue weighted by molar-refractivity contribution is -0.141. The molecule has 1 aliphatic rings. The molecule has 0 bridgehead atoms. The molecule has 2 rings (SSSR count). The number of hydrogen-bond acceptors (Lipinski definition) is 3. The Labute approximate surface area is 107 Å². The maximum absolute atomic E-state index is 11.8. The van der Waals surface area contributed by atoms with Crippen molar-refractivity contribution < 1.29 is 9.59 Å². The first kappa shape index (κ1) is 12.8. The fourth-order valence-corrected chi connectivity index (χ4v) is 2.60. The molecule has 1 aliphatic heterocycles. The second-order valence-corrected chi connectivity index (χ2v) is 4.77. The van der Waals surface area contributed by atoms with E-state index < -0.39 is 0 Å². The number of hydrogen-bond donors (Lipinski definition) is 0. The summed E-state index contributed by atoms with van der Waals surface area (Å²) in [6.45, 7) is 5.39. The van der Waals surface area contributed by atoms with Crippen molar-refractivity contribution in [2.45, 2.75) is 39.3 Å². The minimum Gasteiger partial charge on any atom is -0.337 e. The van der Waals surface area contributed by atoms with Gasteiger partial charge in [0.15, 0.2) is 0 Å². The highest BCUT2D eigenvalue weighted by Crippen LogP contribution is 2.25. The monoisotopic (exact) mass is 249 g/mol. The summed E-state index contributed by atoms with van der Waals surface area (Å²) in [4.78, 5) is 29.3. The summed E-state index contributed by atoms with van der Waals surface area (Å²) in [5.74, 6) is -0.640. The number of imidazole rings is 1. The quantitative estimate of drug-likeness (QED) is 0.734. The maximum Gasteiger partial charge on any atom is 0.290 e. The van der Waals surface area contributed by atoms with Gasteiger partial charge in [-0.05, 0) is 19.8 Å². The van der Waals surface area contributed by atoms with Gasteiger partial charge in [0.2, 0.25) is 5.78 Å². The molecule has 5 heteroatoms. The molecule has 0 N–H and O–H groups in total. The zero-order chi connectivity index (χ0) is 13.1. The second-order valence-electron chi connectivity index (χ2n) is 4.77. The molecular weight excluding hydrogens is 230 g/mol. The molecule has 98 valence electrons. The van der Waals surface area contributed by atoms with E-state index in [9.17, 15) is 9.59 Å². The van der Waals surface area contributed by atoms with Crippen LogP contribution >= 0.6 is 0 Å². The Balaban J connectivity index is 1.89. The number of Topliss-reactive ketones (excluding diaryl/α,β-unsaturated/α-hetero) is 1. The molecule has 0 spiro atoms. The Kier molecular flexibility index (Phi) is 3.79. The number of ketones is 1. The highest BCUT2D eigenvalue weighted by Gasteiger charge is 2.43. The number of amides is 1. The predicted octanol–water partition coefficient (Wildman–Crippen LogP) is 1.10. The molecule has 1 aromatic rings. The van der Waals surface area contributed by atoms with Crippen LogP contribution in [0.1, 0.15) is 26.7 Å². The van der Waals surface area contributed by atoms with E-state index in [2.05, 4.69) is 4.98 Å². The Morgan fingerprint density at radius 3 is 2.67 bits per heavy atom. The number of nitrogens with zero attached hydrogens (tertiary/aromatic N) is 3. The van der Waals surface area contributed by atoms with Gasteiger partial charge in [-0.15, -0.1) is 0 Å². The second kappa shape index (κ2) is 5.33. The number of aryl methyl sites for hydroxylation is 1. The van der Waals surface area contributed by atoms with Crippen molar-refractivity contribution in [2.24, 2.45) is 5.92 Å². The van der Waals surface area contributed by atoms with Crippen LogP contribution < -0.4 is 0 Å². The largest absolute Gasteiger partial charge is 0.337 e. The van der Waals surface area contributed by atoms with Crippen molar-refractivity contribution in [1.82, 2.24) is 14.5 Å². The van der Waals surface area contributed by atoms with Gasteiger partial charge in [-0.3, -0.25) is 9.59 Å². The molecule has 0 saturated carbocycles. The molecule has 1 saturated heterocycles.